The second kappa shape index (κ2) is 4.11. The third-order valence-electron chi connectivity index (χ3n) is 3.15. The van der Waals surface area contributed by atoms with Crippen LogP contribution in [0.2, 0.25) is 0 Å². The summed E-state index contributed by atoms with van der Waals surface area (Å²) in [5.74, 6) is 2.10. The molecular weight excluding hydrogens is 216 g/mol. The maximum atomic E-state index is 9.64. The number of aliphatic hydroxyl groups is 1. The van der Waals surface area contributed by atoms with Crippen molar-refractivity contribution in [2.75, 3.05) is 11.5 Å². The second-order valence-electron chi connectivity index (χ2n) is 4.28. The SMILES string of the molecule is OC1CC[S+](c2cccc3ccccc23)C1. The fourth-order valence-electron chi connectivity index (χ4n) is 2.32. The molecule has 82 valence electrons. The Bertz CT molecular complexity index is 504. The minimum atomic E-state index is -0.0812. The molecule has 2 aromatic rings. The van der Waals surface area contributed by atoms with Crippen LogP contribution in [0.4, 0.5) is 0 Å². The zero-order chi connectivity index (χ0) is 11.0. The smallest absolute Gasteiger partial charge is 0.162 e. The lowest BCUT2D eigenvalue weighted by atomic mass is 10.1. The van der Waals surface area contributed by atoms with E-state index in [4.69, 9.17) is 0 Å². The molecule has 1 aliphatic heterocycles. The highest BCUT2D eigenvalue weighted by Crippen LogP contribution is 2.29. The Hall–Kier alpha value is -0.990. The number of fused-ring (bicyclic) bond motifs is 1. The number of aliphatic hydroxyl groups excluding tert-OH is 1. The van der Waals surface area contributed by atoms with Gasteiger partial charge in [-0.1, -0.05) is 30.3 Å². The van der Waals surface area contributed by atoms with Crippen molar-refractivity contribution in [2.45, 2.75) is 17.4 Å². The van der Waals surface area contributed by atoms with Crippen molar-refractivity contribution in [3.05, 3.63) is 42.5 Å². The zero-order valence-electron chi connectivity index (χ0n) is 9.10. The predicted molar refractivity (Wildman–Crippen MR) is 69.9 cm³/mol. The predicted octanol–water partition coefficient (Wildman–Crippen LogP) is 2.58. The van der Waals surface area contributed by atoms with Gasteiger partial charge in [0.2, 0.25) is 0 Å². The molecule has 1 aliphatic rings. The number of hydrogen-bond donors (Lipinski definition) is 1. The Balaban J connectivity index is 2.09. The molecule has 1 N–H and O–H groups in total. The molecule has 1 heterocycles. The van der Waals surface area contributed by atoms with Crippen molar-refractivity contribution in [3.8, 4) is 0 Å². The summed E-state index contributed by atoms with van der Waals surface area (Å²) in [6.45, 7) is 0. The van der Waals surface area contributed by atoms with Gasteiger partial charge in [0.05, 0.1) is 0 Å². The molecule has 2 unspecified atom stereocenters. The lowest BCUT2D eigenvalue weighted by molar-refractivity contribution is 0.202. The molecule has 0 bridgehead atoms. The molecule has 2 heteroatoms. The number of hydrogen-bond acceptors (Lipinski definition) is 1. The molecule has 1 nitrogen and oxygen atoms in total. The molecule has 0 aliphatic carbocycles. The van der Waals surface area contributed by atoms with Crippen molar-refractivity contribution in [1.82, 2.24) is 0 Å². The van der Waals surface area contributed by atoms with Crippen molar-refractivity contribution < 1.29 is 5.11 Å². The quantitative estimate of drug-likeness (QED) is 0.748. The van der Waals surface area contributed by atoms with Crippen LogP contribution in [0.25, 0.3) is 10.8 Å². The van der Waals surface area contributed by atoms with Crippen LogP contribution in [0.1, 0.15) is 6.42 Å². The summed E-state index contributed by atoms with van der Waals surface area (Å²) in [5, 5.41) is 12.3. The summed E-state index contributed by atoms with van der Waals surface area (Å²) in [4.78, 5) is 1.44. The monoisotopic (exact) mass is 231 g/mol. The summed E-state index contributed by atoms with van der Waals surface area (Å²) in [6, 6.07) is 15.1. The molecular formula is C14H15OS+. The average Bonchev–Trinajstić information content (AvgIpc) is 2.75. The fourth-order valence-corrected chi connectivity index (χ4v) is 4.85. The summed E-state index contributed by atoms with van der Waals surface area (Å²) in [7, 11) is 0.255. The van der Waals surface area contributed by atoms with E-state index in [1.807, 2.05) is 0 Å². The van der Waals surface area contributed by atoms with Crippen LogP contribution in [0, 0.1) is 0 Å². The van der Waals surface area contributed by atoms with Crippen LogP contribution in [0.15, 0.2) is 47.4 Å². The van der Waals surface area contributed by atoms with Gasteiger partial charge >= 0.3 is 0 Å². The maximum absolute atomic E-state index is 9.64. The Morgan fingerprint density at radius 3 is 2.69 bits per heavy atom. The molecule has 16 heavy (non-hydrogen) atoms. The van der Waals surface area contributed by atoms with Crippen LogP contribution >= 0.6 is 0 Å². The van der Waals surface area contributed by atoms with Crippen LogP contribution in [-0.2, 0) is 10.9 Å². The Labute approximate surface area is 98.5 Å². The van der Waals surface area contributed by atoms with E-state index in [1.165, 1.54) is 15.7 Å². The second-order valence-corrected chi connectivity index (χ2v) is 6.45. The lowest BCUT2D eigenvalue weighted by Crippen LogP contribution is -2.10. The van der Waals surface area contributed by atoms with Gasteiger partial charge in [-0.15, -0.1) is 0 Å². The van der Waals surface area contributed by atoms with Gasteiger partial charge in [-0.05, 0) is 17.5 Å². The van der Waals surface area contributed by atoms with E-state index in [2.05, 4.69) is 42.5 Å². The molecule has 0 aromatic heterocycles. The zero-order valence-corrected chi connectivity index (χ0v) is 9.91. The van der Waals surface area contributed by atoms with E-state index in [0.29, 0.717) is 0 Å². The summed E-state index contributed by atoms with van der Waals surface area (Å²) < 4.78 is 0. The number of benzene rings is 2. The minimum Gasteiger partial charge on any atom is -0.388 e. The van der Waals surface area contributed by atoms with Gasteiger partial charge in [0.25, 0.3) is 0 Å². The van der Waals surface area contributed by atoms with Gasteiger partial charge in [0, 0.05) is 22.7 Å². The maximum Gasteiger partial charge on any atom is 0.162 e. The van der Waals surface area contributed by atoms with Crippen LogP contribution in [-0.4, -0.2) is 22.7 Å². The molecule has 1 saturated heterocycles. The molecule has 0 saturated carbocycles. The van der Waals surface area contributed by atoms with Crippen LogP contribution < -0.4 is 0 Å². The van der Waals surface area contributed by atoms with Gasteiger partial charge in [-0.3, -0.25) is 0 Å². The van der Waals surface area contributed by atoms with Crippen molar-refractivity contribution >= 4 is 21.7 Å². The highest BCUT2D eigenvalue weighted by atomic mass is 32.2. The Kier molecular flexibility index (Phi) is 2.62. The fraction of sp³-hybridized carbons (Fsp3) is 0.286. The Morgan fingerprint density at radius 1 is 1.06 bits per heavy atom. The van der Waals surface area contributed by atoms with Gasteiger partial charge in [0.1, 0.15) is 17.6 Å². The van der Waals surface area contributed by atoms with E-state index in [0.717, 1.165) is 17.9 Å². The molecule has 3 rings (SSSR count). The van der Waals surface area contributed by atoms with Gasteiger partial charge < -0.3 is 5.11 Å². The molecule has 2 atom stereocenters. The highest BCUT2D eigenvalue weighted by molar-refractivity contribution is 7.97. The minimum absolute atomic E-state index is 0.0812. The first-order valence-electron chi connectivity index (χ1n) is 5.68. The third kappa shape index (κ3) is 1.72. The topological polar surface area (TPSA) is 20.2 Å². The van der Waals surface area contributed by atoms with E-state index >= 15 is 0 Å². The van der Waals surface area contributed by atoms with Crippen molar-refractivity contribution in [1.29, 1.82) is 0 Å². The number of rotatable bonds is 1. The summed E-state index contributed by atoms with van der Waals surface area (Å²) >= 11 is 0. The first-order valence-corrected chi connectivity index (χ1v) is 7.24. The lowest BCUT2D eigenvalue weighted by Gasteiger charge is -2.04. The first-order chi connectivity index (χ1) is 7.84. The summed E-state index contributed by atoms with van der Waals surface area (Å²) in [5.41, 5.74) is 0. The van der Waals surface area contributed by atoms with Gasteiger partial charge in [-0.25, -0.2) is 0 Å². The van der Waals surface area contributed by atoms with Crippen LogP contribution in [0.3, 0.4) is 0 Å². The van der Waals surface area contributed by atoms with E-state index in [-0.39, 0.29) is 17.0 Å². The summed E-state index contributed by atoms with van der Waals surface area (Å²) in [6.07, 6.45) is 0.883. The van der Waals surface area contributed by atoms with Crippen molar-refractivity contribution in [3.63, 3.8) is 0 Å². The largest absolute Gasteiger partial charge is 0.388 e. The highest BCUT2D eigenvalue weighted by Gasteiger charge is 2.34. The van der Waals surface area contributed by atoms with Crippen LogP contribution in [0.5, 0.6) is 0 Å². The van der Waals surface area contributed by atoms with Gasteiger partial charge in [-0.2, -0.15) is 0 Å². The first kappa shape index (κ1) is 10.2. The molecule has 1 fully saturated rings. The van der Waals surface area contributed by atoms with E-state index in [1.54, 1.807) is 0 Å². The van der Waals surface area contributed by atoms with E-state index in [9.17, 15) is 5.11 Å². The van der Waals surface area contributed by atoms with Crippen molar-refractivity contribution in [2.24, 2.45) is 0 Å². The molecule has 0 amide bonds. The van der Waals surface area contributed by atoms with E-state index < -0.39 is 0 Å². The molecule has 0 spiro atoms. The Morgan fingerprint density at radius 2 is 1.88 bits per heavy atom. The molecule has 0 radical (unpaired) electrons. The average molecular weight is 231 g/mol. The van der Waals surface area contributed by atoms with Gasteiger partial charge in [0.15, 0.2) is 4.90 Å². The third-order valence-corrected chi connectivity index (χ3v) is 5.65. The molecule has 2 aromatic carbocycles. The normalized spacial score (nSPS) is 25.1. The standard InChI is InChI=1S/C14H15OS/c15-12-8-9-16(10-12)14-7-3-5-11-4-1-2-6-13(11)14/h1-7,12,15H,8-10H2/q+1.